The summed E-state index contributed by atoms with van der Waals surface area (Å²) in [5, 5.41) is 13.0. The third-order valence-electron chi connectivity index (χ3n) is 5.51. The molecule has 7 nitrogen and oxygen atoms in total. The first-order chi connectivity index (χ1) is 15.5. The number of para-hydroxylation sites is 2. The van der Waals surface area contributed by atoms with E-state index in [-0.39, 0.29) is 24.0 Å². The number of thiophene rings is 1. The highest BCUT2D eigenvalue weighted by atomic mass is 32.1. The lowest BCUT2D eigenvalue weighted by Gasteiger charge is -2.34. The van der Waals surface area contributed by atoms with Crippen molar-refractivity contribution in [3.63, 3.8) is 0 Å². The van der Waals surface area contributed by atoms with Crippen molar-refractivity contribution in [1.29, 1.82) is 0 Å². The van der Waals surface area contributed by atoms with Gasteiger partial charge in [0.25, 0.3) is 5.91 Å². The fourth-order valence-corrected chi connectivity index (χ4v) is 4.53. The maximum absolute atomic E-state index is 12.9. The Labute approximate surface area is 191 Å². The van der Waals surface area contributed by atoms with Crippen molar-refractivity contribution >= 4 is 22.9 Å². The van der Waals surface area contributed by atoms with Crippen LogP contribution in [0.1, 0.15) is 26.4 Å². The van der Waals surface area contributed by atoms with Gasteiger partial charge in [0.1, 0.15) is 6.61 Å². The van der Waals surface area contributed by atoms with Crippen molar-refractivity contribution < 1.29 is 14.5 Å². The van der Waals surface area contributed by atoms with E-state index in [0.29, 0.717) is 18.0 Å². The molecule has 4 rings (SSSR count). The van der Waals surface area contributed by atoms with Gasteiger partial charge in [-0.25, -0.2) is 0 Å². The van der Waals surface area contributed by atoms with Crippen LogP contribution in [0.2, 0.25) is 0 Å². The Balaban J connectivity index is 1.29. The molecule has 3 aromatic rings. The van der Waals surface area contributed by atoms with Gasteiger partial charge in [0.2, 0.25) is 0 Å². The molecule has 0 radical (unpaired) electrons. The SMILES string of the molecule is Cc1ccc(CN2CCN(C(=O)c3cc(COc4ccccc4[N+](=O)[O-])cs3)CC2)cc1. The molecule has 2 heterocycles. The molecule has 1 saturated heterocycles. The minimum absolute atomic E-state index is 0.0296. The first-order valence-electron chi connectivity index (χ1n) is 10.5. The number of piperazine rings is 1. The second kappa shape index (κ2) is 9.93. The van der Waals surface area contributed by atoms with Crippen LogP contribution in [-0.4, -0.2) is 46.8 Å². The predicted octanol–water partition coefficient (Wildman–Crippen LogP) is 4.50. The van der Waals surface area contributed by atoms with Crippen molar-refractivity contribution in [3.05, 3.63) is 91.7 Å². The Morgan fingerprint density at radius 1 is 1.06 bits per heavy atom. The number of nitro groups is 1. The molecule has 1 fully saturated rings. The third-order valence-corrected chi connectivity index (χ3v) is 6.47. The molecule has 0 unspecified atom stereocenters. The van der Waals surface area contributed by atoms with Gasteiger partial charge < -0.3 is 9.64 Å². The van der Waals surface area contributed by atoms with Crippen LogP contribution in [0.4, 0.5) is 5.69 Å². The summed E-state index contributed by atoms with van der Waals surface area (Å²) >= 11 is 1.38. The number of carbonyl (C=O) groups is 1. The highest BCUT2D eigenvalue weighted by molar-refractivity contribution is 7.12. The second-order valence-electron chi connectivity index (χ2n) is 7.89. The second-order valence-corrected chi connectivity index (χ2v) is 8.80. The summed E-state index contributed by atoms with van der Waals surface area (Å²) < 4.78 is 5.63. The number of amides is 1. The molecule has 0 atom stereocenters. The molecule has 1 aromatic heterocycles. The highest BCUT2D eigenvalue weighted by Crippen LogP contribution is 2.27. The van der Waals surface area contributed by atoms with E-state index in [2.05, 4.69) is 36.1 Å². The summed E-state index contributed by atoms with van der Waals surface area (Å²) in [7, 11) is 0. The van der Waals surface area contributed by atoms with Gasteiger partial charge in [-0.2, -0.15) is 0 Å². The normalized spacial score (nSPS) is 14.3. The van der Waals surface area contributed by atoms with E-state index in [1.165, 1.54) is 28.5 Å². The van der Waals surface area contributed by atoms with Crippen LogP contribution in [0.3, 0.4) is 0 Å². The zero-order valence-electron chi connectivity index (χ0n) is 17.9. The summed E-state index contributed by atoms with van der Waals surface area (Å²) in [6.45, 7) is 6.25. The molecule has 0 bridgehead atoms. The number of nitro benzene ring substituents is 1. The van der Waals surface area contributed by atoms with Crippen molar-refractivity contribution in [2.24, 2.45) is 0 Å². The summed E-state index contributed by atoms with van der Waals surface area (Å²) in [6.07, 6.45) is 0. The molecular weight excluding hydrogens is 426 g/mol. The number of carbonyl (C=O) groups excluding carboxylic acids is 1. The largest absolute Gasteiger partial charge is 0.482 e. The average molecular weight is 452 g/mol. The molecule has 2 aromatic carbocycles. The number of hydrogen-bond donors (Lipinski definition) is 0. The van der Waals surface area contributed by atoms with E-state index in [1.807, 2.05) is 16.3 Å². The Hall–Kier alpha value is -3.23. The highest BCUT2D eigenvalue weighted by Gasteiger charge is 2.23. The lowest BCUT2D eigenvalue weighted by atomic mass is 10.1. The minimum atomic E-state index is -0.462. The van der Waals surface area contributed by atoms with Crippen LogP contribution in [0.5, 0.6) is 5.75 Å². The van der Waals surface area contributed by atoms with Crippen LogP contribution >= 0.6 is 11.3 Å². The van der Waals surface area contributed by atoms with Gasteiger partial charge in [-0.1, -0.05) is 42.0 Å². The molecule has 32 heavy (non-hydrogen) atoms. The van der Waals surface area contributed by atoms with Crippen molar-refractivity contribution in [2.45, 2.75) is 20.1 Å². The Morgan fingerprint density at radius 2 is 1.78 bits per heavy atom. The number of ether oxygens (including phenoxy) is 1. The smallest absolute Gasteiger partial charge is 0.310 e. The standard InChI is InChI=1S/C24H25N3O4S/c1-18-6-8-19(9-7-18)15-25-10-12-26(13-11-25)24(28)23-14-20(17-32-23)16-31-22-5-3-2-4-21(22)27(29)30/h2-9,14,17H,10-13,15-16H2,1H3. The van der Waals surface area contributed by atoms with Gasteiger partial charge in [0.15, 0.2) is 5.75 Å². The van der Waals surface area contributed by atoms with Crippen molar-refractivity contribution in [2.75, 3.05) is 26.2 Å². The van der Waals surface area contributed by atoms with Crippen LogP contribution in [-0.2, 0) is 13.2 Å². The van der Waals surface area contributed by atoms with Gasteiger partial charge in [0, 0.05) is 44.4 Å². The predicted molar refractivity (Wildman–Crippen MR) is 124 cm³/mol. The quantitative estimate of drug-likeness (QED) is 0.390. The molecule has 0 N–H and O–H groups in total. The number of hydrogen-bond acceptors (Lipinski definition) is 6. The minimum Gasteiger partial charge on any atom is -0.482 e. The number of nitrogens with zero attached hydrogens (tertiary/aromatic N) is 3. The molecule has 8 heteroatoms. The number of rotatable bonds is 7. The lowest BCUT2D eigenvalue weighted by Crippen LogP contribution is -2.48. The summed E-state index contributed by atoms with van der Waals surface area (Å²) in [5.74, 6) is 0.253. The van der Waals surface area contributed by atoms with Gasteiger partial charge in [-0.3, -0.25) is 19.8 Å². The monoisotopic (exact) mass is 451 g/mol. The van der Waals surface area contributed by atoms with Gasteiger partial charge >= 0.3 is 5.69 Å². The van der Waals surface area contributed by atoms with E-state index < -0.39 is 4.92 Å². The third kappa shape index (κ3) is 5.33. The average Bonchev–Trinajstić information content (AvgIpc) is 3.28. The van der Waals surface area contributed by atoms with Gasteiger partial charge in [-0.15, -0.1) is 11.3 Å². The Kier molecular flexibility index (Phi) is 6.82. The fourth-order valence-electron chi connectivity index (χ4n) is 3.67. The number of aryl methyl sites for hydroxylation is 1. The van der Waals surface area contributed by atoms with Crippen LogP contribution in [0.15, 0.2) is 60.0 Å². The van der Waals surface area contributed by atoms with Crippen LogP contribution in [0.25, 0.3) is 0 Å². The van der Waals surface area contributed by atoms with Crippen LogP contribution in [0, 0.1) is 17.0 Å². The Morgan fingerprint density at radius 3 is 2.50 bits per heavy atom. The first kappa shape index (κ1) is 22.0. The molecule has 1 aliphatic rings. The van der Waals surface area contributed by atoms with E-state index in [4.69, 9.17) is 4.74 Å². The van der Waals surface area contributed by atoms with Gasteiger partial charge in [0.05, 0.1) is 9.80 Å². The van der Waals surface area contributed by atoms with E-state index in [1.54, 1.807) is 18.2 Å². The first-order valence-corrected chi connectivity index (χ1v) is 11.4. The molecule has 1 amide bonds. The topological polar surface area (TPSA) is 75.9 Å². The molecule has 0 spiro atoms. The number of benzene rings is 2. The molecule has 0 aliphatic carbocycles. The maximum Gasteiger partial charge on any atom is 0.310 e. The fraction of sp³-hybridized carbons (Fsp3) is 0.292. The Bertz CT molecular complexity index is 1090. The summed E-state index contributed by atoms with van der Waals surface area (Å²) in [6, 6.07) is 16.7. The molecular formula is C24H25N3O4S. The maximum atomic E-state index is 12.9. The zero-order valence-corrected chi connectivity index (χ0v) is 18.7. The summed E-state index contributed by atoms with van der Waals surface area (Å²) in [5.41, 5.74) is 3.31. The van der Waals surface area contributed by atoms with E-state index in [0.717, 1.165) is 25.2 Å². The zero-order chi connectivity index (χ0) is 22.5. The summed E-state index contributed by atoms with van der Waals surface area (Å²) in [4.78, 5) is 28.5. The van der Waals surface area contributed by atoms with E-state index in [9.17, 15) is 14.9 Å². The van der Waals surface area contributed by atoms with Gasteiger partial charge in [-0.05, 0) is 30.0 Å². The lowest BCUT2D eigenvalue weighted by molar-refractivity contribution is -0.385. The van der Waals surface area contributed by atoms with E-state index >= 15 is 0 Å². The molecule has 1 aliphatic heterocycles. The molecule has 0 saturated carbocycles. The molecule has 166 valence electrons. The van der Waals surface area contributed by atoms with Crippen molar-refractivity contribution in [1.82, 2.24) is 9.80 Å². The van der Waals surface area contributed by atoms with Crippen molar-refractivity contribution in [3.8, 4) is 5.75 Å². The van der Waals surface area contributed by atoms with Crippen LogP contribution < -0.4 is 4.74 Å².